The van der Waals surface area contributed by atoms with Crippen molar-refractivity contribution in [2.24, 2.45) is 15.1 Å². The van der Waals surface area contributed by atoms with Crippen molar-refractivity contribution in [1.82, 2.24) is 15.1 Å². The van der Waals surface area contributed by atoms with Crippen LogP contribution in [-0.4, -0.2) is 55.7 Å². The maximum absolute atomic E-state index is 15.1. The third kappa shape index (κ3) is 4.54. The monoisotopic (exact) mass is 522 g/mol. The van der Waals surface area contributed by atoms with Crippen LogP contribution in [0.2, 0.25) is 0 Å². The largest absolute Gasteiger partial charge is 0.484 e. The van der Waals surface area contributed by atoms with Gasteiger partial charge in [0.25, 0.3) is 6.43 Å². The minimum atomic E-state index is -2.85. The summed E-state index contributed by atoms with van der Waals surface area (Å²) in [5, 5.41) is 3.95. The Bertz CT molecular complexity index is 1430. The lowest BCUT2D eigenvalue weighted by Crippen LogP contribution is -2.54. The first-order chi connectivity index (χ1) is 16.9. The minimum absolute atomic E-state index is 0.0138. The SMILES string of the molecule is CN=S1(=O)C[C@@](C)(c2cc(-c3cc(-c4ncc(OCC(F)F)cn4)no3)ccc2F)N=C(N)C1(C)C. The Hall–Kier alpha value is -3.48. The number of aromatic nitrogens is 3. The van der Waals surface area contributed by atoms with Gasteiger partial charge in [0.05, 0.1) is 27.9 Å². The molecule has 0 spiro atoms. The van der Waals surface area contributed by atoms with Crippen molar-refractivity contribution in [3.8, 4) is 28.6 Å². The molecule has 3 aromatic rings. The number of hydrogen-bond donors (Lipinski definition) is 1. The summed E-state index contributed by atoms with van der Waals surface area (Å²) in [6.45, 7) is 4.32. The highest BCUT2D eigenvalue weighted by molar-refractivity contribution is 7.95. The fourth-order valence-electron chi connectivity index (χ4n) is 3.88. The number of nitrogens with two attached hydrogens (primary N) is 1. The first-order valence-electron chi connectivity index (χ1n) is 10.9. The number of nitrogens with zero attached hydrogens (tertiary/aromatic N) is 5. The first-order valence-corrected chi connectivity index (χ1v) is 12.6. The van der Waals surface area contributed by atoms with Crippen molar-refractivity contribution >= 4 is 15.6 Å². The Morgan fingerprint density at radius 1 is 1.22 bits per heavy atom. The molecule has 1 aliphatic rings. The molecule has 4 rings (SSSR count). The van der Waals surface area contributed by atoms with E-state index in [0.29, 0.717) is 11.3 Å². The highest BCUT2D eigenvalue weighted by atomic mass is 32.2. The van der Waals surface area contributed by atoms with Crippen LogP contribution in [0.3, 0.4) is 0 Å². The lowest BCUT2D eigenvalue weighted by Gasteiger charge is -2.40. The van der Waals surface area contributed by atoms with Crippen LogP contribution in [0.15, 0.2) is 50.5 Å². The van der Waals surface area contributed by atoms with Gasteiger partial charge in [0.2, 0.25) is 0 Å². The third-order valence-corrected chi connectivity index (χ3v) is 9.47. The number of halogens is 3. The second-order valence-corrected chi connectivity index (χ2v) is 11.9. The quantitative estimate of drug-likeness (QED) is 0.517. The Kier molecular flexibility index (Phi) is 6.54. The van der Waals surface area contributed by atoms with E-state index in [0.717, 1.165) is 0 Å². The molecule has 2 atom stereocenters. The van der Waals surface area contributed by atoms with E-state index in [1.807, 2.05) is 0 Å². The standard InChI is InChI=1S/C23H25F3N6O3S/c1-22(2)21(27)31-23(3,12-36(22,33)28-4)15-7-13(5-6-16(15)24)18-8-17(32-35-18)20-29-9-14(10-30-20)34-11-19(25)26/h5-10,19H,11-12H2,1-4H3,(H2,27,31)/t23-,36?/m0/s1. The maximum atomic E-state index is 15.1. The highest BCUT2D eigenvalue weighted by Crippen LogP contribution is 2.40. The van der Waals surface area contributed by atoms with E-state index >= 15 is 4.39 Å². The Morgan fingerprint density at radius 3 is 2.56 bits per heavy atom. The number of amidine groups is 1. The maximum Gasteiger partial charge on any atom is 0.272 e. The zero-order valence-electron chi connectivity index (χ0n) is 20.0. The fraction of sp³-hybridized carbons (Fsp3) is 0.391. The van der Waals surface area contributed by atoms with Crippen LogP contribution in [0.1, 0.15) is 26.3 Å². The van der Waals surface area contributed by atoms with Crippen molar-refractivity contribution in [3.63, 3.8) is 0 Å². The van der Waals surface area contributed by atoms with Crippen molar-refractivity contribution in [3.05, 3.63) is 48.0 Å². The zero-order valence-corrected chi connectivity index (χ0v) is 20.9. The average molecular weight is 523 g/mol. The van der Waals surface area contributed by atoms with Gasteiger partial charge in [0, 0.05) is 24.2 Å². The second kappa shape index (κ2) is 9.19. The van der Waals surface area contributed by atoms with Crippen LogP contribution in [0.5, 0.6) is 5.75 Å². The molecule has 192 valence electrons. The lowest BCUT2D eigenvalue weighted by atomic mass is 9.91. The van der Waals surface area contributed by atoms with E-state index in [4.69, 9.17) is 15.0 Å². The molecule has 13 heteroatoms. The predicted octanol–water partition coefficient (Wildman–Crippen LogP) is 4.04. The second-order valence-electron chi connectivity index (χ2n) is 8.96. The summed E-state index contributed by atoms with van der Waals surface area (Å²) in [5.41, 5.74) is 5.91. The van der Waals surface area contributed by atoms with Gasteiger partial charge in [-0.15, -0.1) is 0 Å². The molecule has 0 aliphatic carbocycles. The van der Waals surface area contributed by atoms with Crippen molar-refractivity contribution in [1.29, 1.82) is 0 Å². The molecule has 9 nitrogen and oxygen atoms in total. The molecule has 0 radical (unpaired) electrons. The summed E-state index contributed by atoms with van der Waals surface area (Å²) >= 11 is 0. The zero-order chi connectivity index (χ0) is 26.3. The number of hydrogen-bond acceptors (Lipinski definition) is 9. The van der Waals surface area contributed by atoms with Crippen LogP contribution < -0.4 is 10.5 Å². The number of rotatable bonds is 6. The van der Waals surface area contributed by atoms with E-state index in [-0.39, 0.29) is 34.4 Å². The summed E-state index contributed by atoms with van der Waals surface area (Å²) in [7, 11) is -1.39. The van der Waals surface area contributed by atoms with Crippen molar-refractivity contribution in [2.75, 3.05) is 19.4 Å². The van der Waals surface area contributed by atoms with Crippen LogP contribution >= 0.6 is 0 Å². The van der Waals surface area contributed by atoms with Gasteiger partial charge in [0.1, 0.15) is 28.5 Å². The molecular formula is C23H25F3N6O3S. The lowest BCUT2D eigenvalue weighted by molar-refractivity contribution is 0.0815. The molecule has 2 N–H and O–H groups in total. The molecule has 1 aliphatic heterocycles. The number of alkyl halides is 2. The van der Waals surface area contributed by atoms with Gasteiger partial charge in [-0.1, -0.05) is 5.16 Å². The Balaban J connectivity index is 1.67. The highest BCUT2D eigenvalue weighted by Gasteiger charge is 2.47. The van der Waals surface area contributed by atoms with Crippen molar-refractivity contribution in [2.45, 2.75) is 37.5 Å². The number of aliphatic imine (C=N–C) groups is 1. The van der Waals surface area contributed by atoms with Crippen LogP contribution in [-0.2, 0) is 15.3 Å². The molecule has 0 saturated heterocycles. The van der Waals surface area contributed by atoms with E-state index in [2.05, 4.69) is 24.5 Å². The molecular weight excluding hydrogens is 497 g/mol. The van der Waals surface area contributed by atoms with Gasteiger partial charge in [-0.2, -0.15) is 0 Å². The molecule has 2 aromatic heterocycles. The Morgan fingerprint density at radius 2 is 1.92 bits per heavy atom. The van der Waals surface area contributed by atoms with Gasteiger partial charge in [-0.3, -0.25) is 4.99 Å². The van der Waals surface area contributed by atoms with Gasteiger partial charge in [0.15, 0.2) is 23.0 Å². The number of ether oxygens (including phenoxy) is 1. The van der Waals surface area contributed by atoms with E-state index < -0.39 is 38.9 Å². The normalized spacial score (nSPS) is 23.4. The minimum Gasteiger partial charge on any atom is -0.484 e. The molecule has 3 heterocycles. The molecule has 36 heavy (non-hydrogen) atoms. The van der Waals surface area contributed by atoms with E-state index in [9.17, 15) is 13.0 Å². The summed E-state index contributed by atoms with van der Waals surface area (Å²) in [6, 6.07) is 5.88. The predicted molar refractivity (Wildman–Crippen MR) is 129 cm³/mol. The molecule has 0 fully saturated rings. The number of benzene rings is 1. The first kappa shape index (κ1) is 25.6. The Labute approximate surface area is 206 Å². The summed E-state index contributed by atoms with van der Waals surface area (Å²) in [6.07, 6.45) is -0.117. The molecule has 0 bridgehead atoms. The van der Waals surface area contributed by atoms with E-state index in [1.165, 1.54) is 31.6 Å². The van der Waals surface area contributed by atoms with Gasteiger partial charge < -0.3 is 15.0 Å². The van der Waals surface area contributed by atoms with Gasteiger partial charge in [-0.05, 0) is 39.0 Å². The average Bonchev–Trinajstić information content (AvgIpc) is 3.32. The van der Waals surface area contributed by atoms with E-state index in [1.54, 1.807) is 32.9 Å². The third-order valence-electron chi connectivity index (χ3n) is 6.13. The topological polar surface area (TPSA) is 129 Å². The van der Waals surface area contributed by atoms with Crippen LogP contribution in [0.25, 0.3) is 22.8 Å². The fourth-order valence-corrected chi connectivity index (χ4v) is 6.18. The van der Waals surface area contributed by atoms with Crippen molar-refractivity contribution < 1.29 is 26.6 Å². The van der Waals surface area contributed by atoms with Gasteiger partial charge in [-0.25, -0.2) is 31.7 Å². The molecule has 1 aromatic carbocycles. The summed E-state index contributed by atoms with van der Waals surface area (Å²) < 4.78 is 66.7. The molecule has 0 saturated carbocycles. The summed E-state index contributed by atoms with van der Waals surface area (Å²) in [5.74, 6) is 0.144. The van der Waals surface area contributed by atoms with Crippen LogP contribution in [0.4, 0.5) is 13.2 Å². The van der Waals surface area contributed by atoms with Crippen LogP contribution in [0, 0.1) is 5.82 Å². The smallest absolute Gasteiger partial charge is 0.272 e. The summed E-state index contributed by atoms with van der Waals surface area (Å²) in [4.78, 5) is 12.7. The van der Waals surface area contributed by atoms with Gasteiger partial charge >= 0.3 is 0 Å². The molecule has 0 amide bonds. The molecule has 1 unspecified atom stereocenters.